The smallest absolute Gasteiger partial charge is 0.230 e. The molecular weight excluding hydrogens is 288 g/mol. The first-order valence-corrected chi connectivity index (χ1v) is 6.24. The second-order valence-electron chi connectivity index (χ2n) is 4.61. The summed E-state index contributed by atoms with van der Waals surface area (Å²) >= 11 is 0. The third-order valence-corrected chi connectivity index (χ3v) is 3.31. The third kappa shape index (κ3) is 2.96. The molecule has 2 heterocycles. The molecule has 0 saturated carbocycles. The maximum absolute atomic E-state index is 13.2. The van der Waals surface area contributed by atoms with Crippen LogP contribution >= 0.6 is 12.4 Å². The van der Waals surface area contributed by atoms with E-state index in [1.165, 1.54) is 6.07 Å². The summed E-state index contributed by atoms with van der Waals surface area (Å²) in [6.45, 7) is 1.85. The van der Waals surface area contributed by atoms with Crippen molar-refractivity contribution in [1.82, 2.24) is 15.5 Å². The van der Waals surface area contributed by atoms with Crippen LogP contribution in [0.5, 0.6) is 0 Å². The van der Waals surface area contributed by atoms with Gasteiger partial charge in [0, 0.05) is 11.5 Å². The average Bonchev–Trinajstić information content (AvgIpc) is 2.93. The van der Waals surface area contributed by atoms with E-state index in [4.69, 9.17) is 4.52 Å². The lowest BCUT2D eigenvalue weighted by atomic mass is 9.98. The molecule has 1 saturated heterocycles. The molecule has 0 aliphatic carbocycles. The van der Waals surface area contributed by atoms with Crippen molar-refractivity contribution in [2.75, 3.05) is 13.1 Å². The van der Waals surface area contributed by atoms with Crippen LogP contribution in [0.15, 0.2) is 22.7 Å². The summed E-state index contributed by atoms with van der Waals surface area (Å²) in [7, 11) is 0. The SMILES string of the molecule is Cl.Fc1ccc(-c2noc(C3CCNCC3)n2)cc1F. The Labute approximate surface area is 121 Å². The highest BCUT2D eigenvalue weighted by atomic mass is 35.5. The Balaban J connectivity index is 0.00000147. The standard InChI is InChI=1S/C13H13F2N3O.ClH/c14-10-2-1-9(7-11(10)15)12-17-13(19-18-12)8-3-5-16-6-4-8;/h1-2,7-8,16H,3-6H2;1H. The number of benzene rings is 1. The molecule has 0 radical (unpaired) electrons. The first kappa shape index (κ1) is 14.9. The van der Waals surface area contributed by atoms with Gasteiger partial charge in [-0.2, -0.15) is 4.98 Å². The maximum Gasteiger partial charge on any atom is 0.230 e. The van der Waals surface area contributed by atoms with Crippen LogP contribution in [-0.4, -0.2) is 23.2 Å². The van der Waals surface area contributed by atoms with Gasteiger partial charge in [-0.05, 0) is 44.1 Å². The monoisotopic (exact) mass is 301 g/mol. The molecule has 108 valence electrons. The minimum Gasteiger partial charge on any atom is -0.339 e. The van der Waals surface area contributed by atoms with Crippen LogP contribution in [0.25, 0.3) is 11.4 Å². The van der Waals surface area contributed by atoms with Gasteiger partial charge < -0.3 is 9.84 Å². The van der Waals surface area contributed by atoms with Gasteiger partial charge in [-0.25, -0.2) is 8.78 Å². The fraction of sp³-hybridized carbons (Fsp3) is 0.385. The van der Waals surface area contributed by atoms with Crippen LogP contribution in [0, 0.1) is 11.6 Å². The van der Waals surface area contributed by atoms with Gasteiger partial charge in [-0.3, -0.25) is 0 Å². The summed E-state index contributed by atoms with van der Waals surface area (Å²) in [6.07, 6.45) is 1.89. The Morgan fingerprint density at radius 3 is 2.60 bits per heavy atom. The Kier molecular flexibility index (Phi) is 4.67. The number of nitrogens with zero attached hydrogens (tertiary/aromatic N) is 2. The van der Waals surface area contributed by atoms with Gasteiger partial charge in [-0.15, -0.1) is 12.4 Å². The van der Waals surface area contributed by atoms with Crippen LogP contribution in [0.3, 0.4) is 0 Å². The average molecular weight is 302 g/mol. The molecule has 0 atom stereocenters. The Bertz CT molecular complexity index is 585. The van der Waals surface area contributed by atoms with Gasteiger partial charge in [0.1, 0.15) is 0 Å². The van der Waals surface area contributed by atoms with E-state index in [1.807, 2.05) is 0 Å². The number of hydrogen-bond donors (Lipinski definition) is 1. The lowest BCUT2D eigenvalue weighted by Crippen LogP contribution is -2.26. The highest BCUT2D eigenvalue weighted by Gasteiger charge is 2.21. The van der Waals surface area contributed by atoms with E-state index in [2.05, 4.69) is 15.5 Å². The quantitative estimate of drug-likeness (QED) is 0.926. The van der Waals surface area contributed by atoms with Crippen LogP contribution in [0.1, 0.15) is 24.7 Å². The molecule has 4 nitrogen and oxygen atoms in total. The van der Waals surface area contributed by atoms with Crippen molar-refractivity contribution in [3.63, 3.8) is 0 Å². The molecule has 3 rings (SSSR count). The van der Waals surface area contributed by atoms with E-state index in [-0.39, 0.29) is 18.3 Å². The number of rotatable bonds is 2. The van der Waals surface area contributed by atoms with E-state index in [9.17, 15) is 8.78 Å². The van der Waals surface area contributed by atoms with Crippen molar-refractivity contribution in [3.05, 3.63) is 35.7 Å². The zero-order valence-electron chi connectivity index (χ0n) is 10.6. The Morgan fingerprint density at radius 2 is 1.90 bits per heavy atom. The molecule has 0 bridgehead atoms. The Hall–Kier alpha value is -1.53. The summed E-state index contributed by atoms with van der Waals surface area (Å²) in [4.78, 5) is 4.28. The van der Waals surface area contributed by atoms with Gasteiger partial charge in [0.25, 0.3) is 0 Å². The lowest BCUT2D eigenvalue weighted by molar-refractivity contribution is 0.320. The molecule has 1 aliphatic rings. The molecule has 1 aliphatic heterocycles. The zero-order chi connectivity index (χ0) is 13.2. The van der Waals surface area contributed by atoms with Crippen molar-refractivity contribution in [3.8, 4) is 11.4 Å². The van der Waals surface area contributed by atoms with Crippen LogP contribution in [0.4, 0.5) is 8.78 Å². The zero-order valence-corrected chi connectivity index (χ0v) is 11.4. The number of hydrogen-bond acceptors (Lipinski definition) is 4. The van der Waals surface area contributed by atoms with E-state index in [0.29, 0.717) is 17.3 Å². The molecular formula is C13H14ClF2N3O. The molecule has 2 aromatic rings. The fourth-order valence-corrected chi connectivity index (χ4v) is 2.22. The van der Waals surface area contributed by atoms with Crippen LogP contribution in [0.2, 0.25) is 0 Å². The van der Waals surface area contributed by atoms with Crippen molar-refractivity contribution >= 4 is 12.4 Å². The molecule has 1 N–H and O–H groups in total. The van der Waals surface area contributed by atoms with E-state index < -0.39 is 11.6 Å². The Morgan fingerprint density at radius 1 is 1.15 bits per heavy atom. The summed E-state index contributed by atoms with van der Waals surface area (Å²) < 4.78 is 31.2. The van der Waals surface area contributed by atoms with Crippen LogP contribution < -0.4 is 5.32 Å². The first-order chi connectivity index (χ1) is 9.24. The summed E-state index contributed by atoms with van der Waals surface area (Å²) in [6, 6.07) is 3.58. The number of halogens is 3. The van der Waals surface area contributed by atoms with Gasteiger partial charge in [0.15, 0.2) is 11.6 Å². The second-order valence-corrected chi connectivity index (χ2v) is 4.61. The highest BCUT2D eigenvalue weighted by molar-refractivity contribution is 5.85. The van der Waals surface area contributed by atoms with Crippen molar-refractivity contribution < 1.29 is 13.3 Å². The van der Waals surface area contributed by atoms with E-state index in [1.54, 1.807) is 0 Å². The topological polar surface area (TPSA) is 51.0 Å². The van der Waals surface area contributed by atoms with E-state index >= 15 is 0 Å². The van der Waals surface area contributed by atoms with Gasteiger partial charge in [0.05, 0.1) is 0 Å². The lowest BCUT2D eigenvalue weighted by Gasteiger charge is -2.18. The predicted octanol–water partition coefficient (Wildman–Crippen LogP) is 2.90. The van der Waals surface area contributed by atoms with Crippen molar-refractivity contribution in [1.29, 1.82) is 0 Å². The largest absolute Gasteiger partial charge is 0.339 e. The van der Waals surface area contributed by atoms with E-state index in [0.717, 1.165) is 38.1 Å². The summed E-state index contributed by atoms with van der Waals surface area (Å²) in [5.74, 6) is -0.682. The van der Waals surface area contributed by atoms with Gasteiger partial charge >= 0.3 is 0 Å². The molecule has 0 unspecified atom stereocenters. The number of nitrogens with one attached hydrogen (secondary N) is 1. The van der Waals surface area contributed by atoms with Gasteiger partial charge in [-0.1, -0.05) is 5.16 Å². The molecule has 0 amide bonds. The maximum atomic E-state index is 13.2. The minimum absolute atomic E-state index is 0. The number of aromatic nitrogens is 2. The van der Waals surface area contributed by atoms with Crippen molar-refractivity contribution in [2.45, 2.75) is 18.8 Å². The normalized spacial score (nSPS) is 15.9. The second kappa shape index (κ2) is 6.28. The summed E-state index contributed by atoms with van der Waals surface area (Å²) in [5, 5.41) is 7.09. The van der Waals surface area contributed by atoms with Crippen LogP contribution in [-0.2, 0) is 0 Å². The molecule has 20 heavy (non-hydrogen) atoms. The third-order valence-electron chi connectivity index (χ3n) is 3.31. The first-order valence-electron chi connectivity index (χ1n) is 6.24. The predicted molar refractivity (Wildman–Crippen MR) is 71.7 cm³/mol. The minimum atomic E-state index is -0.911. The molecule has 1 aromatic carbocycles. The summed E-state index contributed by atoms with van der Waals surface area (Å²) in [5.41, 5.74) is 0.419. The molecule has 7 heteroatoms. The molecule has 1 aromatic heterocycles. The van der Waals surface area contributed by atoms with Crippen molar-refractivity contribution in [2.24, 2.45) is 0 Å². The fourth-order valence-electron chi connectivity index (χ4n) is 2.22. The molecule has 1 fully saturated rings. The highest BCUT2D eigenvalue weighted by Crippen LogP contribution is 2.26. The molecule has 0 spiro atoms. The number of piperidine rings is 1. The van der Waals surface area contributed by atoms with Gasteiger partial charge in [0.2, 0.25) is 11.7 Å².